The van der Waals surface area contributed by atoms with Crippen molar-refractivity contribution in [3.8, 4) is 0 Å². The molecule has 0 radical (unpaired) electrons. The fraction of sp³-hybridized carbons (Fsp3) is 0.846. The van der Waals surface area contributed by atoms with Crippen LogP contribution in [0, 0.1) is 5.41 Å². The molecule has 1 N–H and O–H groups in total. The Bertz CT molecular complexity index is 367. The largest absolute Gasteiger partial charge is 0.480 e. The van der Waals surface area contributed by atoms with Crippen molar-refractivity contribution in [2.45, 2.75) is 45.7 Å². The standard InChI is InChI=1S/C13H22N2O3/c1-9-7-14-6-4-5-10(14)8-15(9)11(16)13(2,3)12(17)18/h9-10H,4-8H2,1-3H3,(H,17,18). The molecule has 0 bridgehead atoms. The van der Waals surface area contributed by atoms with E-state index in [2.05, 4.69) is 4.90 Å². The van der Waals surface area contributed by atoms with Crippen molar-refractivity contribution in [3.05, 3.63) is 0 Å². The molecule has 2 aliphatic heterocycles. The number of nitrogens with zero attached hydrogens (tertiary/aromatic N) is 2. The molecule has 0 aromatic rings. The topological polar surface area (TPSA) is 60.9 Å². The molecule has 5 heteroatoms. The molecule has 0 spiro atoms. The summed E-state index contributed by atoms with van der Waals surface area (Å²) in [5.74, 6) is -1.30. The highest BCUT2D eigenvalue weighted by Gasteiger charge is 2.44. The first-order chi connectivity index (χ1) is 8.34. The molecule has 2 saturated heterocycles. The Balaban J connectivity index is 2.13. The van der Waals surface area contributed by atoms with E-state index in [1.54, 1.807) is 4.90 Å². The zero-order valence-electron chi connectivity index (χ0n) is 11.3. The lowest BCUT2D eigenvalue weighted by Gasteiger charge is -2.44. The summed E-state index contributed by atoms with van der Waals surface area (Å²) in [5.41, 5.74) is -1.32. The van der Waals surface area contributed by atoms with Crippen molar-refractivity contribution >= 4 is 11.9 Å². The third-order valence-corrected chi connectivity index (χ3v) is 4.27. The quantitative estimate of drug-likeness (QED) is 0.740. The predicted octanol–water partition coefficient (Wildman–Crippen LogP) is 0.792. The second kappa shape index (κ2) is 4.53. The Labute approximate surface area is 108 Å². The molecule has 2 fully saturated rings. The van der Waals surface area contributed by atoms with Crippen molar-refractivity contribution in [2.24, 2.45) is 5.41 Å². The van der Waals surface area contributed by atoms with Gasteiger partial charge in [-0.3, -0.25) is 14.5 Å². The van der Waals surface area contributed by atoms with E-state index in [-0.39, 0.29) is 11.9 Å². The van der Waals surface area contributed by atoms with Gasteiger partial charge in [0.25, 0.3) is 0 Å². The average molecular weight is 254 g/mol. The number of amides is 1. The van der Waals surface area contributed by atoms with E-state index in [4.69, 9.17) is 5.11 Å². The molecule has 0 saturated carbocycles. The van der Waals surface area contributed by atoms with Gasteiger partial charge in [-0.15, -0.1) is 0 Å². The summed E-state index contributed by atoms with van der Waals surface area (Å²) in [7, 11) is 0. The van der Waals surface area contributed by atoms with E-state index in [0.717, 1.165) is 19.5 Å². The maximum absolute atomic E-state index is 12.4. The van der Waals surface area contributed by atoms with Gasteiger partial charge in [0.15, 0.2) is 0 Å². The summed E-state index contributed by atoms with van der Waals surface area (Å²) in [4.78, 5) is 27.8. The summed E-state index contributed by atoms with van der Waals surface area (Å²) in [6.45, 7) is 7.64. The summed E-state index contributed by atoms with van der Waals surface area (Å²) >= 11 is 0. The predicted molar refractivity (Wildman–Crippen MR) is 67.2 cm³/mol. The first-order valence-electron chi connectivity index (χ1n) is 6.62. The number of carboxylic acids is 1. The van der Waals surface area contributed by atoms with E-state index in [1.807, 2.05) is 6.92 Å². The second-order valence-electron chi connectivity index (χ2n) is 6.03. The van der Waals surface area contributed by atoms with Crippen LogP contribution in [0.4, 0.5) is 0 Å². The first-order valence-corrected chi connectivity index (χ1v) is 6.62. The van der Waals surface area contributed by atoms with Crippen LogP contribution in [0.5, 0.6) is 0 Å². The Morgan fingerprint density at radius 1 is 1.28 bits per heavy atom. The molecule has 0 aliphatic carbocycles. The van der Waals surface area contributed by atoms with Gasteiger partial charge in [-0.1, -0.05) is 0 Å². The smallest absolute Gasteiger partial charge is 0.318 e. The normalized spacial score (nSPS) is 29.2. The minimum Gasteiger partial charge on any atom is -0.480 e. The van der Waals surface area contributed by atoms with Gasteiger partial charge >= 0.3 is 5.97 Å². The summed E-state index contributed by atoms with van der Waals surface area (Å²) < 4.78 is 0. The highest BCUT2D eigenvalue weighted by atomic mass is 16.4. The maximum Gasteiger partial charge on any atom is 0.318 e. The number of carbonyl (C=O) groups is 2. The number of piperazine rings is 1. The number of aliphatic carboxylic acids is 1. The lowest BCUT2D eigenvalue weighted by molar-refractivity contribution is -0.161. The molecule has 1 amide bonds. The number of fused-ring (bicyclic) bond motifs is 1. The Morgan fingerprint density at radius 2 is 1.94 bits per heavy atom. The van der Waals surface area contributed by atoms with Gasteiger partial charge in [0, 0.05) is 25.2 Å². The zero-order valence-corrected chi connectivity index (χ0v) is 11.3. The minimum atomic E-state index is -1.32. The van der Waals surface area contributed by atoms with Crippen molar-refractivity contribution in [3.63, 3.8) is 0 Å². The van der Waals surface area contributed by atoms with Gasteiger partial charge < -0.3 is 10.0 Å². The molecule has 0 aromatic heterocycles. The van der Waals surface area contributed by atoms with Crippen LogP contribution < -0.4 is 0 Å². The lowest BCUT2D eigenvalue weighted by atomic mass is 9.90. The van der Waals surface area contributed by atoms with E-state index < -0.39 is 11.4 Å². The van der Waals surface area contributed by atoms with Crippen LogP contribution in [-0.4, -0.2) is 58.5 Å². The Kier molecular flexibility index (Phi) is 3.36. The third kappa shape index (κ3) is 2.11. The third-order valence-electron chi connectivity index (χ3n) is 4.27. The van der Waals surface area contributed by atoms with E-state index in [9.17, 15) is 9.59 Å². The van der Waals surface area contributed by atoms with Crippen LogP contribution in [0.2, 0.25) is 0 Å². The highest BCUT2D eigenvalue weighted by molar-refractivity contribution is 6.01. The molecule has 5 nitrogen and oxygen atoms in total. The number of hydrogen-bond donors (Lipinski definition) is 1. The van der Waals surface area contributed by atoms with E-state index >= 15 is 0 Å². The summed E-state index contributed by atoms with van der Waals surface area (Å²) in [6.07, 6.45) is 2.30. The van der Waals surface area contributed by atoms with Crippen LogP contribution in [0.3, 0.4) is 0 Å². The molecule has 102 valence electrons. The molecule has 2 unspecified atom stereocenters. The SMILES string of the molecule is CC1CN2CCCC2CN1C(=O)C(C)(C)C(=O)O. The summed E-state index contributed by atoms with van der Waals surface area (Å²) in [6, 6.07) is 0.528. The molecule has 2 atom stereocenters. The minimum absolute atomic E-state index is 0.102. The van der Waals surface area contributed by atoms with Crippen LogP contribution in [-0.2, 0) is 9.59 Å². The molecular weight excluding hydrogens is 232 g/mol. The van der Waals surface area contributed by atoms with Crippen molar-refractivity contribution in [1.29, 1.82) is 0 Å². The average Bonchev–Trinajstić information content (AvgIpc) is 2.73. The molecule has 2 aliphatic rings. The van der Waals surface area contributed by atoms with Gasteiger partial charge in [-0.25, -0.2) is 0 Å². The zero-order chi connectivity index (χ0) is 13.5. The fourth-order valence-corrected chi connectivity index (χ4v) is 2.92. The Hall–Kier alpha value is -1.10. The molecule has 0 aromatic carbocycles. The van der Waals surface area contributed by atoms with Crippen molar-refractivity contribution in [2.75, 3.05) is 19.6 Å². The van der Waals surface area contributed by atoms with Crippen molar-refractivity contribution < 1.29 is 14.7 Å². The molecular formula is C13H22N2O3. The molecule has 18 heavy (non-hydrogen) atoms. The lowest BCUT2D eigenvalue weighted by Crippen LogP contribution is -2.60. The van der Waals surface area contributed by atoms with Gasteiger partial charge in [-0.2, -0.15) is 0 Å². The Morgan fingerprint density at radius 3 is 2.56 bits per heavy atom. The summed E-state index contributed by atoms with van der Waals surface area (Å²) in [5, 5.41) is 9.16. The van der Waals surface area contributed by atoms with Crippen LogP contribution in [0.15, 0.2) is 0 Å². The monoisotopic (exact) mass is 254 g/mol. The first kappa shape index (κ1) is 13.3. The van der Waals surface area contributed by atoms with Crippen molar-refractivity contribution in [1.82, 2.24) is 9.80 Å². The number of rotatable bonds is 2. The van der Waals surface area contributed by atoms with Gasteiger partial charge in [0.2, 0.25) is 5.91 Å². The fourth-order valence-electron chi connectivity index (χ4n) is 2.92. The maximum atomic E-state index is 12.4. The van der Waals surface area contributed by atoms with E-state index in [0.29, 0.717) is 12.6 Å². The van der Waals surface area contributed by atoms with Crippen LogP contribution in [0.25, 0.3) is 0 Å². The van der Waals surface area contributed by atoms with Gasteiger partial charge in [0.1, 0.15) is 5.41 Å². The number of carbonyl (C=O) groups excluding carboxylic acids is 1. The second-order valence-corrected chi connectivity index (χ2v) is 6.03. The molecule has 2 rings (SSSR count). The molecule has 2 heterocycles. The number of hydrogen-bond acceptors (Lipinski definition) is 3. The van der Waals surface area contributed by atoms with Crippen LogP contribution >= 0.6 is 0 Å². The van der Waals surface area contributed by atoms with Gasteiger partial charge in [-0.05, 0) is 40.2 Å². The van der Waals surface area contributed by atoms with Gasteiger partial charge in [0.05, 0.1) is 0 Å². The highest BCUT2D eigenvalue weighted by Crippen LogP contribution is 2.28. The van der Waals surface area contributed by atoms with E-state index in [1.165, 1.54) is 20.3 Å². The number of carboxylic acid groups (broad SMARTS) is 1. The van der Waals surface area contributed by atoms with Crippen LogP contribution in [0.1, 0.15) is 33.6 Å².